The summed E-state index contributed by atoms with van der Waals surface area (Å²) in [6, 6.07) is 3.21. The fraction of sp³-hybridized carbons (Fsp3) is 0.417. The first-order valence-electron chi connectivity index (χ1n) is 11.2. The molecule has 0 radical (unpaired) electrons. The van der Waals surface area contributed by atoms with Crippen molar-refractivity contribution in [2.75, 3.05) is 18.4 Å². The molecule has 2 heterocycles. The van der Waals surface area contributed by atoms with Crippen molar-refractivity contribution < 1.29 is 45.4 Å². The van der Waals surface area contributed by atoms with Crippen molar-refractivity contribution >= 4 is 29.2 Å². The highest BCUT2D eigenvalue weighted by atomic mass is 35.5. The van der Waals surface area contributed by atoms with Gasteiger partial charge in [-0.2, -0.15) is 26.3 Å². The number of alkyl halides is 6. The second-order valence-electron chi connectivity index (χ2n) is 8.78. The Kier molecular flexibility index (Phi) is 7.10. The summed E-state index contributed by atoms with van der Waals surface area (Å²) in [6.45, 7) is 1.66. The molecule has 1 atom stereocenters. The molecule has 0 amide bonds. The average Bonchev–Trinajstić information content (AvgIpc) is 3.06. The molecule has 1 saturated heterocycles. The Morgan fingerprint density at radius 2 is 1.51 bits per heavy atom. The first kappa shape index (κ1) is 27.1. The number of rotatable bonds is 3. The fourth-order valence-corrected chi connectivity index (χ4v) is 4.59. The number of fused-ring (bicyclic) bond motifs is 2. The maximum atomic E-state index is 13.4. The Morgan fingerprint density at radius 3 is 2.05 bits per heavy atom. The van der Waals surface area contributed by atoms with Crippen LogP contribution in [0.2, 0.25) is 5.02 Å². The van der Waals surface area contributed by atoms with E-state index in [9.17, 15) is 35.9 Å². The normalized spacial score (nSPS) is 18.8. The van der Waals surface area contributed by atoms with E-state index < -0.39 is 47.2 Å². The van der Waals surface area contributed by atoms with Crippen LogP contribution in [0.25, 0.3) is 0 Å². The highest BCUT2D eigenvalue weighted by molar-refractivity contribution is 6.33. The van der Waals surface area contributed by atoms with Gasteiger partial charge < -0.3 is 20.1 Å². The average molecular weight is 551 g/mol. The van der Waals surface area contributed by atoms with E-state index in [2.05, 4.69) is 10.6 Å². The minimum Gasteiger partial charge on any atom is -0.416 e. The summed E-state index contributed by atoms with van der Waals surface area (Å²) in [5.41, 5.74) is -2.22. The molecule has 13 heteroatoms. The molecule has 4 rings (SSSR count). The van der Waals surface area contributed by atoms with E-state index in [1.54, 1.807) is 0 Å². The third-order valence-corrected chi connectivity index (χ3v) is 6.46. The number of hydrogen-bond acceptors (Lipinski definition) is 6. The van der Waals surface area contributed by atoms with Gasteiger partial charge in [-0.15, -0.1) is 0 Å². The number of esters is 2. The quantitative estimate of drug-likeness (QED) is 0.376. The lowest BCUT2D eigenvalue weighted by Gasteiger charge is -2.32. The molecular weight excluding hydrogens is 530 g/mol. The number of benzene rings is 2. The van der Waals surface area contributed by atoms with Crippen LogP contribution in [0.4, 0.5) is 32.0 Å². The molecule has 6 nitrogen and oxygen atoms in total. The largest absolute Gasteiger partial charge is 0.416 e. The van der Waals surface area contributed by atoms with Gasteiger partial charge in [0.25, 0.3) is 5.79 Å². The fourth-order valence-electron chi connectivity index (χ4n) is 4.36. The Hall–Kier alpha value is -2.99. The van der Waals surface area contributed by atoms with Crippen molar-refractivity contribution in [2.24, 2.45) is 0 Å². The van der Waals surface area contributed by atoms with E-state index >= 15 is 0 Å². The van der Waals surface area contributed by atoms with Crippen LogP contribution in [-0.2, 0) is 43.6 Å². The number of halogens is 7. The van der Waals surface area contributed by atoms with Crippen LogP contribution in [0, 0.1) is 0 Å². The molecule has 2 N–H and O–H groups in total. The van der Waals surface area contributed by atoms with Crippen molar-refractivity contribution in [2.45, 2.75) is 50.4 Å². The van der Waals surface area contributed by atoms with E-state index in [4.69, 9.17) is 21.1 Å². The summed E-state index contributed by atoms with van der Waals surface area (Å²) in [5.74, 6) is -3.13. The van der Waals surface area contributed by atoms with Gasteiger partial charge in [-0.05, 0) is 61.3 Å². The summed E-state index contributed by atoms with van der Waals surface area (Å²) in [6.07, 6.45) is -10.1. The van der Waals surface area contributed by atoms with Crippen LogP contribution in [0.1, 0.15) is 53.6 Å². The zero-order chi connectivity index (χ0) is 27.2. The van der Waals surface area contributed by atoms with Crippen molar-refractivity contribution in [3.05, 3.63) is 63.2 Å². The van der Waals surface area contributed by atoms with Gasteiger partial charge in [-0.3, -0.25) is 9.59 Å². The van der Waals surface area contributed by atoms with E-state index in [1.165, 1.54) is 19.1 Å². The summed E-state index contributed by atoms with van der Waals surface area (Å²) in [4.78, 5) is 24.5. The summed E-state index contributed by atoms with van der Waals surface area (Å²) < 4.78 is 91.2. The highest BCUT2D eigenvalue weighted by Crippen LogP contribution is 2.42. The van der Waals surface area contributed by atoms with Gasteiger partial charge in [0.15, 0.2) is 0 Å². The number of hydrogen-bond donors (Lipinski definition) is 2. The number of anilines is 1. The minimum absolute atomic E-state index is 0.0575. The topological polar surface area (TPSA) is 76.7 Å². The van der Waals surface area contributed by atoms with Gasteiger partial charge in [0.1, 0.15) is 0 Å². The second-order valence-corrected chi connectivity index (χ2v) is 9.19. The van der Waals surface area contributed by atoms with Crippen LogP contribution in [-0.4, -0.2) is 25.0 Å². The zero-order valence-electron chi connectivity index (χ0n) is 19.3. The predicted octanol–water partition coefficient (Wildman–Crippen LogP) is 5.73. The SMILES string of the molecule is CC(Nc1c(Cl)ccc2c1CCNCC21OC(=O)CCC(=O)O1)c1cc(C(F)(F)F)cc(C(F)(F)F)c1. The van der Waals surface area contributed by atoms with Crippen LogP contribution in [0.3, 0.4) is 0 Å². The number of carbonyl (C=O) groups is 2. The van der Waals surface area contributed by atoms with E-state index in [-0.39, 0.29) is 48.1 Å². The molecule has 37 heavy (non-hydrogen) atoms. The van der Waals surface area contributed by atoms with Crippen molar-refractivity contribution in [3.63, 3.8) is 0 Å². The lowest BCUT2D eigenvalue weighted by Crippen LogP contribution is -2.43. The van der Waals surface area contributed by atoms with Crippen LogP contribution in [0.15, 0.2) is 30.3 Å². The van der Waals surface area contributed by atoms with Crippen LogP contribution >= 0.6 is 11.6 Å². The van der Waals surface area contributed by atoms with E-state index in [1.807, 2.05) is 0 Å². The predicted molar refractivity (Wildman–Crippen MR) is 120 cm³/mol. The van der Waals surface area contributed by atoms with E-state index in [0.29, 0.717) is 29.8 Å². The molecule has 2 aliphatic rings. The zero-order valence-corrected chi connectivity index (χ0v) is 20.0. The third kappa shape index (κ3) is 5.64. The van der Waals surface area contributed by atoms with Crippen molar-refractivity contribution in [3.8, 4) is 0 Å². The molecule has 0 saturated carbocycles. The maximum Gasteiger partial charge on any atom is 0.416 e. The molecule has 200 valence electrons. The van der Waals surface area contributed by atoms with Gasteiger partial charge in [-0.1, -0.05) is 11.6 Å². The Balaban J connectivity index is 1.78. The summed E-state index contributed by atoms with van der Waals surface area (Å²) in [5, 5.41) is 6.07. The Morgan fingerprint density at radius 1 is 0.946 bits per heavy atom. The minimum atomic E-state index is -5.00. The Labute approximate surface area is 212 Å². The van der Waals surface area contributed by atoms with Crippen LogP contribution in [0.5, 0.6) is 0 Å². The lowest BCUT2D eigenvalue weighted by atomic mass is 9.95. The smallest absolute Gasteiger partial charge is 0.416 e. The number of nitrogens with one attached hydrogen (secondary N) is 2. The van der Waals surface area contributed by atoms with E-state index in [0.717, 1.165) is 0 Å². The molecule has 0 aromatic heterocycles. The van der Waals surface area contributed by atoms with Gasteiger partial charge in [-0.25, -0.2) is 0 Å². The summed E-state index contributed by atoms with van der Waals surface area (Å²) >= 11 is 6.41. The number of ether oxygens (including phenoxy) is 2. The molecule has 2 aromatic carbocycles. The van der Waals surface area contributed by atoms with Crippen molar-refractivity contribution in [1.29, 1.82) is 0 Å². The van der Waals surface area contributed by atoms with Gasteiger partial charge in [0, 0.05) is 11.6 Å². The molecule has 2 aliphatic heterocycles. The van der Waals surface area contributed by atoms with Gasteiger partial charge >= 0.3 is 24.3 Å². The van der Waals surface area contributed by atoms with Gasteiger partial charge in [0.2, 0.25) is 0 Å². The second kappa shape index (κ2) is 9.71. The standard InChI is InChI=1S/C24H21ClF6N2O4/c1-12(13-8-14(23(26,27)28)10-15(9-13)24(29,30)31)33-21-16-6-7-32-11-22(17(16)2-3-18(21)25)36-19(34)4-5-20(35)37-22/h2-3,8-10,12,32-33H,4-7,11H2,1H3. The van der Waals surface area contributed by atoms with Gasteiger partial charge in [0.05, 0.1) is 41.2 Å². The number of carbonyl (C=O) groups excluding carboxylic acids is 2. The molecule has 0 aliphatic carbocycles. The molecule has 1 unspecified atom stereocenters. The molecule has 2 aromatic rings. The monoisotopic (exact) mass is 550 g/mol. The molecular formula is C24H21ClF6N2O4. The van der Waals surface area contributed by atoms with Crippen molar-refractivity contribution in [1.82, 2.24) is 5.32 Å². The molecule has 1 spiro atoms. The first-order valence-corrected chi connectivity index (χ1v) is 11.6. The third-order valence-electron chi connectivity index (χ3n) is 6.14. The van der Waals surface area contributed by atoms with Crippen LogP contribution < -0.4 is 10.6 Å². The highest BCUT2D eigenvalue weighted by Gasteiger charge is 2.46. The Bertz CT molecular complexity index is 1180. The first-order chi connectivity index (χ1) is 17.2. The summed E-state index contributed by atoms with van der Waals surface area (Å²) in [7, 11) is 0. The molecule has 1 fully saturated rings. The maximum absolute atomic E-state index is 13.4. The lowest BCUT2D eigenvalue weighted by molar-refractivity contribution is -0.225. The molecule has 0 bridgehead atoms.